The van der Waals surface area contributed by atoms with Crippen molar-refractivity contribution in [1.29, 1.82) is 0 Å². The second kappa shape index (κ2) is 7.95. The third kappa shape index (κ3) is 3.53. The Balaban J connectivity index is 2.23. The molecule has 0 spiro atoms. The van der Waals surface area contributed by atoms with Crippen molar-refractivity contribution in [2.75, 3.05) is 4.90 Å². The molecule has 28 heavy (non-hydrogen) atoms. The highest BCUT2D eigenvalue weighted by atomic mass is 79.9. The third-order valence-electron chi connectivity index (χ3n) is 5.81. The molecule has 3 atom stereocenters. The first-order valence-corrected chi connectivity index (χ1v) is 10.2. The fraction of sp³-hybridized carbons (Fsp3) is 0.364. The molecule has 1 aliphatic rings. The summed E-state index contributed by atoms with van der Waals surface area (Å²) in [6.07, 6.45) is 0.00344. The van der Waals surface area contributed by atoms with Crippen molar-refractivity contribution in [3.05, 3.63) is 64.1 Å². The SMILES string of the molecule is CC[C@]1(Cc2ccccc2)[C@@H](C)[C@@H](OC(N)=O)c2cc(Br)ccc2N1C(C)=O. The summed E-state index contributed by atoms with van der Waals surface area (Å²) in [5, 5.41) is 0. The zero-order valence-electron chi connectivity index (χ0n) is 16.3. The predicted molar refractivity (Wildman–Crippen MR) is 113 cm³/mol. The van der Waals surface area contributed by atoms with Crippen LogP contribution in [-0.2, 0) is 16.0 Å². The average Bonchev–Trinajstić information content (AvgIpc) is 2.65. The van der Waals surface area contributed by atoms with Gasteiger partial charge in [-0.25, -0.2) is 4.79 Å². The molecule has 148 valence electrons. The molecule has 1 aliphatic heterocycles. The summed E-state index contributed by atoms with van der Waals surface area (Å²) < 4.78 is 6.44. The number of benzene rings is 2. The van der Waals surface area contributed by atoms with Gasteiger partial charge in [-0.3, -0.25) is 4.79 Å². The number of hydrogen-bond acceptors (Lipinski definition) is 3. The van der Waals surface area contributed by atoms with Crippen molar-refractivity contribution in [3.8, 4) is 0 Å². The summed E-state index contributed by atoms with van der Waals surface area (Å²) >= 11 is 3.49. The molecular weight excluding hydrogens is 420 g/mol. The van der Waals surface area contributed by atoms with E-state index < -0.39 is 17.7 Å². The second-order valence-corrected chi connectivity index (χ2v) is 8.24. The smallest absolute Gasteiger partial charge is 0.405 e. The summed E-state index contributed by atoms with van der Waals surface area (Å²) in [7, 11) is 0. The standard InChI is InChI=1S/C22H25BrN2O3/c1-4-22(13-16-8-6-5-7-9-16)14(2)20(28-21(24)27)18-12-17(23)10-11-19(18)25(22)15(3)26/h5-12,14,20H,4,13H2,1-3H3,(H2,24,27)/t14-,20+,22-/m0/s1. The van der Waals surface area contributed by atoms with Crippen LogP contribution in [0.1, 0.15) is 44.4 Å². The highest BCUT2D eigenvalue weighted by Crippen LogP contribution is 2.51. The molecule has 0 saturated heterocycles. The topological polar surface area (TPSA) is 72.6 Å². The van der Waals surface area contributed by atoms with Crippen LogP contribution in [0.3, 0.4) is 0 Å². The van der Waals surface area contributed by atoms with Crippen LogP contribution in [0.2, 0.25) is 0 Å². The highest BCUT2D eigenvalue weighted by Gasteiger charge is 2.52. The van der Waals surface area contributed by atoms with E-state index in [0.29, 0.717) is 12.8 Å². The molecule has 6 heteroatoms. The Bertz CT molecular complexity index is 887. The summed E-state index contributed by atoms with van der Waals surface area (Å²) in [6, 6.07) is 15.8. The van der Waals surface area contributed by atoms with E-state index in [4.69, 9.17) is 10.5 Å². The third-order valence-corrected chi connectivity index (χ3v) is 6.30. The molecule has 2 aromatic carbocycles. The summed E-state index contributed by atoms with van der Waals surface area (Å²) in [5.74, 6) is -0.193. The number of primary amides is 1. The van der Waals surface area contributed by atoms with Crippen molar-refractivity contribution in [3.63, 3.8) is 0 Å². The molecule has 0 fully saturated rings. The molecule has 2 amide bonds. The molecule has 0 unspecified atom stereocenters. The minimum absolute atomic E-state index is 0.0364. The normalized spacial score (nSPS) is 23.8. The largest absolute Gasteiger partial charge is 0.441 e. The molecule has 1 heterocycles. The minimum atomic E-state index is -0.816. The van der Waals surface area contributed by atoms with Crippen LogP contribution in [0.4, 0.5) is 10.5 Å². The summed E-state index contributed by atoms with van der Waals surface area (Å²) in [4.78, 5) is 26.4. The van der Waals surface area contributed by atoms with Crippen LogP contribution in [0.25, 0.3) is 0 Å². The molecule has 0 aliphatic carbocycles. The number of amides is 2. The lowest BCUT2D eigenvalue weighted by molar-refractivity contribution is -0.119. The fourth-order valence-corrected chi connectivity index (χ4v) is 4.90. The predicted octanol–water partition coefficient (Wildman–Crippen LogP) is 4.98. The Morgan fingerprint density at radius 3 is 2.46 bits per heavy atom. The van der Waals surface area contributed by atoms with Gasteiger partial charge in [-0.1, -0.05) is 60.1 Å². The van der Waals surface area contributed by atoms with Crippen molar-refractivity contribution in [1.82, 2.24) is 0 Å². The number of halogens is 1. The van der Waals surface area contributed by atoms with Gasteiger partial charge in [0, 0.05) is 22.9 Å². The van der Waals surface area contributed by atoms with Gasteiger partial charge in [0.2, 0.25) is 5.91 Å². The highest BCUT2D eigenvalue weighted by molar-refractivity contribution is 9.10. The number of fused-ring (bicyclic) bond motifs is 1. The first kappa shape index (κ1) is 20.4. The summed E-state index contributed by atoms with van der Waals surface area (Å²) in [5.41, 5.74) is 7.53. The Labute approximate surface area is 174 Å². The molecule has 2 N–H and O–H groups in total. The van der Waals surface area contributed by atoms with Crippen LogP contribution in [0.5, 0.6) is 0 Å². The van der Waals surface area contributed by atoms with Gasteiger partial charge in [0.05, 0.1) is 11.2 Å². The molecular formula is C22H25BrN2O3. The number of nitrogens with two attached hydrogens (primary N) is 1. The summed E-state index contributed by atoms with van der Waals surface area (Å²) in [6.45, 7) is 5.68. The molecule has 0 bridgehead atoms. The molecule has 5 nitrogen and oxygen atoms in total. The number of ether oxygens (including phenoxy) is 1. The van der Waals surface area contributed by atoms with E-state index in [-0.39, 0.29) is 11.8 Å². The van der Waals surface area contributed by atoms with E-state index in [1.54, 1.807) is 6.92 Å². The van der Waals surface area contributed by atoms with Crippen molar-refractivity contribution < 1.29 is 14.3 Å². The molecule has 3 rings (SSSR count). The Morgan fingerprint density at radius 2 is 1.89 bits per heavy atom. The zero-order valence-corrected chi connectivity index (χ0v) is 17.9. The Kier molecular flexibility index (Phi) is 5.79. The molecule has 2 aromatic rings. The van der Waals surface area contributed by atoms with Crippen LogP contribution >= 0.6 is 15.9 Å². The van der Waals surface area contributed by atoms with E-state index in [1.165, 1.54) is 0 Å². The number of carbonyl (C=O) groups excluding carboxylic acids is 2. The average molecular weight is 445 g/mol. The molecule has 0 aromatic heterocycles. The fourth-order valence-electron chi connectivity index (χ4n) is 4.52. The van der Waals surface area contributed by atoms with Crippen LogP contribution in [-0.4, -0.2) is 17.5 Å². The van der Waals surface area contributed by atoms with E-state index in [1.807, 2.05) is 48.2 Å². The van der Waals surface area contributed by atoms with Crippen LogP contribution in [0, 0.1) is 5.92 Å². The minimum Gasteiger partial charge on any atom is -0.441 e. The quantitative estimate of drug-likeness (QED) is 0.722. The van der Waals surface area contributed by atoms with Gasteiger partial charge in [0.1, 0.15) is 6.10 Å². The van der Waals surface area contributed by atoms with Gasteiger partial charge < -0.3 is 15.4 Å². The lowest BCUT2D eigenvalue weighted by Crippen LogP contribution is -2.61. The zero-order chi connectivity index (χ0) is 20.5. The van der Waals surface area contributed by atoms with E-state index in [0.717, 1.165) is 21.3 Å². The second-order valence-electron chi connectivity index (χ2n) is 7.32. The number of rotatable bonds is 4. The Morgan fingerprint density at radius 1 is 1.21 bits per heavy atom. The maximum absolute atomic E-state index is 12.9. The maximum atomic E-state index is 12.9. The van der Waals surface area contributed by atoms with Crippen LogP contribution in [0.15, 0.2) is 53.0 Å². The van der Waals surface area contributed by atoms with Crippen molar-refractivity contribution in [2.45, 2.75) is 45.3 Å². The maximum Gasteiger partial charge on any atom is 0.405 e. The van der Waals surface area contributed by atoms with E-state index in [2.05, 4.69) is 35.0 Å². The van der Waals surface area contributed by atoms with Gasteiger partial charge in [-0.15, -0.1) is 0 Å². The van der Waals surface area contributed by atoms with Gasteiger partial charge in [-0.05, 0) is 36.6 Å². The van der Waals surface area contributed by atoms with Crippen molar-refractivity contribution in [2.24, 2.45) is 11.7 Å². The Hall–Kier alpha value is -2.34. The number of carbonyl (C=O) groups is 2. The van der Waals surface area contributed by atoms with Gasteiger partial charge in [0.15, 0.2) is 0 Å². The molecule has 0 saturated carbocycles. The number of hydrogen-bond donors (Lipinski definition) is 1. The number of nitrogens with zero attached hydrogens (tertiary/aromatic N) is 1. The first-order valence-electron chi connectivity index (χ1n) is 9.40. The van der Waals surface area contributed by atoms with E-state index in [9.17, 15) is 9.59 Å². The van der Waals surface area contributed by atoms with Gasteiger partial charge in [-0.2, -0.15) is 0 Å². The van der Waals surface area contributed by atoms with Gasteiger partial charge in [0.25, 0.3) is 0 Å². The van der Waals surface area contributed by atoms with E-state index >= 15 is 0 Å². The van der Waals surface area contributed by atoms with Crippen LogP contribution < -0.4 is 10.6 Å². The van der Waals surface area contributed by atoms with Gasteiger partial charge >= 0.3 is 6.09 Å². The first-order chi connectivity index (χ1) is 13.3. The molecule has 0 radical (unpaired) electrons. The lowest BCUT2D eigenvalue weighted by Gasteiger charge is -2.53. The number of anilines is 1. The van der Waals surface area contributed by atoms with Crippen molar-refractivity contribution >= 4 is 33.6 Å². The monoisotopic (exact) mass is 444 g/mol. The lowest BCUT2D eigenvalue weighted by atomic mass is 9.69.